The molecule has 2 amide bonds. The van der Waals surface area contributed by atoms with Gasteiger partial charge in [-0.05, 0) is 6.92 Å². The lowest BCUT2D eigenvalue weighted by molar-refractivity contribution is -0.128. The zero-order chi connectivity index (χ0) is 15.1. The van der Waals surface area contributed by atoms with Crippen LogP contribution in [0.25, 0.3) is 0 Å². The average Bonchev–Trinajstić information content (AvgIpc) is 2.43. The molecule has 2 unspecified atom stereocenters. The minimum atomic E-state index is -0.378. The maximum Gasteiger partial charge on any atom is 0.293 e. The normalized spacial score (nSPS) is 20.1. The molecule has 1 aliphatic rings. The number of thioether (sulfide) groups is 1. The molecule has 0 bridgehead atoms. The third-order valence-corrected chi connectivity index (χ3v) is 4.32. The number of hydrogen-bond donors (Lipinski definition) is 1. The van der Waals surface area contributed by atoms with Gasteiger partial charge in [-0.3, -0.25) is 24.1 Å². The Bertz CT molecular complexity index is 438. The van der Waals surface area contributed by atoms with Gasteiger partial charge >= 0.3 is 0 Å². The number of amides is 2. The fourth-order valence-corrected chi connectivity index (χ4v) is 3.28. The number of rotatable bonds is 8. The summed E-state index contributed by atoms with van der Waals surface area (Å²) in [6.45, 7) is 3.35. The molecular formula is C12H16N2O5S. The third kappa shape index (κ3) is 3.60. The summed E-state index contributed by atoms with van der Waals surface area (Å²) in [4.78, 5) is 45.1. The summed E-state index contributed by atoms with van der Waals surface area (Å²) in [6, 6.07) is -0.314. The molecule has 0 saturated heterocycles. The van der Waals surface area contributed by atoms with Crippen molar-refractivity contribution in [3.05, 3.63) is 11.3 Å². The second-order valence-electron chi connectivity index (χ2n) is 4.20. The molecule has 0 radical (unpaired) electrons. The van der Waals surface area contributed by atoms with Crippen LogP contribution in [0, 0.1) is 0 Å². The molecule has 1 N–H and O–H groups in total. The van der Waals surface area contributed by atoms with Crippen LogP contribution in [-0.4, -0.2) is 53.8 Å². The highest BCUT2D eigenvalue weighted by Gasteiger charge is 2.34. The van der Waals surface area contributed by atoms with Gasteiger partial charge in [0.05, 0.1) is 11.7 Å². The molecular weight excluding hydrogens is 284 g/mol. The molecule has 1 heterocycles. The van der Waals surface area contributed by atoms with Crippen molar-refractivity contribution in [2.45, 2.75) is 25.3 Å². The van der Waals surface area contributed by atoms with E-state index in [0.29, 0.717) is 30.6 Å². The number of Topliss-reactive ketones (excluding diaryl/α,β-unsaturated/α-hetero) is 1. The molecule has 0 aromatic heterocycles. The molecule has 7 nitrogen and oxygen atoms in total. The van der Waals surface area contributed by atoms with Crippen molar-refractivity contribution in [1.29, 1.82) is 0 Å². The predicted octanol–water partition coefficient (Wildman–Crippen LogP) is -0.332. The highest BCUT2D eigenvalue weighted by molar-refractivity contribution is 8.00. The number of nitrogens with one attached hydrogen (secondary N) is 1. The Morgan fingerprint density at radius 3 is 2.75 bits per heavy atom. The van der Waals surface area contributed by atoms with Crippen molar-refractivity contribution < 1.29 is 23.9 Å². The van der Waals surface area contributed by atoms with E-state index in [4.69, 9.17) is 0 Å². The van der Waals surface area contributed by atoms with Gasteiger partial charge in [-0.25, -0.2) is 0 Å². The molecule has 2 atom stereocenters. The first-order chi connectivity index (χ1) is 9.56. The summed E-state index contributed by atoms with van der Waals surface area (Å²) < 4.78 is 4.67. The Morgan fingerprint density at radius 2 is 2.25 bits per heavy atom. The van der Waals surface area contributed by atoms with Gasteiger partial charge in [-0.1, -0.05) is 0 Å². The van der Waals surface area contributed by atoms with Crippen LogP contribution >= 0.6 is 11.8 Å². The molecule has 1 aliphatic heterocycles. The van der Waals surface area contributed by atoms with Crippen LogP contribution in [-0.2, 0) is 23.9 Å². The average molecular weight is 300 g/mol. The lowest BCUT2D eigenvalue weighted by atomic mass is 10.1. The maximum atomic E-state index is 11.8. The number of ketones is 1. The monoisotopic (exact) mass is 300 g/mol. The Hall–Kier alpha value is -1.83. The van der Waals surface area contributed by atoms with E-state index in [1.807, 2.05) is 0 Å². The number of hydrogen-bond acceptors (Lipinski definition) is 6. The van der Waals surface area contributed by atoms with Crippen LogP contribution in [0.2, 0.25) is 0 Å². The molecule has 0 aliphatic carbocycles. The van der Waals surface area contributed by atoms with Gasteiger partial charge in [-0.15, -0.1) is 11.8 Å². The Kier molecular flexibility index (Phi) is 6.23. The minimum absolute atomic E-state index is 0.0298. The standard InChI is InChI=1S/C12H16N2O5S/c1-8(13-5-15)12-14(6-16)11(9(2)18)10(4-20-12)3-19-7-17/h5-8,12H,3-4H2,1-2H3,(H,13,15). The first kappa shape index (κ1) is 16.2. The van der Waals surface area contributed by atoms with E-state index in [9.17, 15) is 19.2 Å². The van der Waals surface area contributed by atoms with Gasteiger partial charge < -0.3 is 10.1 Å². The van der Waals surface area contributed by atoms with Crippen LogP contribution in [0.15, 0.2) is 11.3 Å². The molecule has 8 heteroatoms. The second kappa shape index (κ2) is 7.68. The summed E-state index contributed by atoms with van der Waals surface area (Å²) in [5.74, 6) is 0.160. The molecule has 20 heavy (non-hydrogen) atoms. The third-order valence-electron chi connectivity index (χ3n) is 2.83. The van der Waals surface area contributed by atoms with Crippen molar-refractivity contribution in [1.82, 2.24) is 10.2 Å². The fraction of sp³-hybridized carbons (Fsp3) is 0.500. The second-order valence-corrected chi connectivity index (χ2v) is 5.31. The molecule has 110 valence electrons. The van der Waals surface area contributed by atoms with Gasteiger partial charge in [-0.2, -0.15) is 0 Å². The zero-order valence-electron chi connectivity index (χ0n) is 11.2. The molecule has 0 aromatic rings. The zero-order valence-corrected chi connectivity index (χ0v) is 12.0. The topological polar surface area (TPSA) is 92.8 Å². The quantitative estimate of drug-likeness (QED) is 0.617. The van der Waals surface area contributed by atoms with E-state index in [0.717, 1.165) is 0 Å². The van der Waals surface area contributed by atoms with Gasteiger partial charge in [0.25, 0.3) is 6.47 Å². The Balaban J connectivity index is 3.08. The molecule has 0 fully saturated rings. The van der Waals surface area contributed by atoms with Crippen LogP contribution in [0.5, 0.6) is 0 Å². The lowest BCUT2D eigenvalue weighted by Crippen LogP contribution is -2.49. The molecule has 0 saturated carbocycles. The van der Waals surface area contributed by atoms with Crippen molar-refractivity contribution in [3.63, 3.8) is 0 Å². The maximum absolute atomic E-state index is 11.8. The van der Waals surface area contributed by atoms with Crippen LogP contribution in [0.4, 0.5) is 0 Å². The van der Waals surface area contributed by atoms with Gasteiger partial charge in [0.2, 0.25) is 12.8 Å². The number of nitrogens with zero attached hydrogens (tertiary/aromatic N) is 1. The predicted molar refractivity (Wildman–Crippen MR) is 72.5 cm³/mol. The van der Waals surface area contributed by atoms with Crippen molar-refractivity contribution >= 4 is 36.8 Å². The summed E-state index contributed by atoms with van der Waals surface area (Å²) in [5, 5.41) is 2.20. The van der Waals surface area contributed by atoms with Gasteiger partial charge in [0.1, 0.15) is 12.0 Å². The van der Waals surface area contributed by atoms with E-state index in [2.05, 4.69) is 10.1 Å². The largest absolute Gasteiger partial charge is 0.463 e. The van der Waals surface area contributed by atoms with Gasteiger partial charge in [0, 0.05) is 18.2 Å². The van der Waals surface area contributed by atoms with Crippen molar-refractivity contribution in [3.8, 4) is 0 Å². The molecule has 0 aromatic carbocycles. The Morgan fingerprint density at radius 1 is 1.55 bits per heavy atom. The van der Waals surface area contributed by atoms with E-state index in [1.54, 1.807) is 6.92 Å². The first-order valence-electron chi connectivity index (χ1n) is 5.90. The van der Waals surface area contributed by atoms with Crippen molar-refractivity contribution in [2.24, 2.45) is 0 Å². The number of carbonyl (C=O) groups excluding carboxylic acids is 4. The smallest absolute Gasteiger partial charge is 0.293 e. The Labute approximate surface area is 120 Å². The molecule has 1 rings (SSSR count). The summed E-state index contributed by atoms with van der Waals surface area (Å²) >= 11 is 1.39. The number of allylic oxidation sites excluding steroid dienone is 1. The number of ether oxygens (including phenoxy) is 1. The van der Waals surface area contributed by atoms with Crippen LogP contribution in [0.1, 0.15) is 13.8 Å². The first-order valence-corrected chi connectivity index (χ1v) is 6.94. The van der Waals surface area contributed by atoms with E-state index < -0.39 is 0 Å². The van der Waals surface area contributed by atoms with Crippen LogP contribution < -0.4 is 5.32 Å². The van der Waals surface area contributed by atoms with Crippen molar-refractivity contribution in [2.75, 3.05) is 12.4 Å². The minimum Gasteiger partial charge on any atom is -0.463 e. The van der Waals surface area contributed by atoms with Crippen LogP contribution in [0.3, 0.4) is 0 Å². The van der Waals surface area contributed by atoms with E-state index >= 15 is 0 Å². The highest BCUT2D eigenvalue weighted by Crippen LogP contribution is 2.32. The van der Waals surface area contributed by atoms with E-state index in [-0.39, 0.29) is 29.5 Å². The number of carbonyl (C=O) groups is 4. The summed E-state index contributed by atoms with van der Waals surface area (Å²) in [6.07, 6.45) is 1.10. The van der Waals surface area contributed by atoms with E-state index in [1.165, 1.54) is 23.6 Å². The lowest BCUT2D eigenvalue weighted by Gasteiger charge is -2.37. The fourth-order valence-electron chi connectivity index (χ4n) is 2.01. The molecule has 0 spiro atoms. The summed E-state index contributed by atoms with van der Waals surface area (Å²) in [5.41, 5.74) is 0.807. The SMILES string of the molecule is CC(=O)C1=C(COC=O)CSC(C(C)NC=O)N1C=O. The van der Waals surface area contributed by atoms with Gasteiger partial charge in [0.15, 0.2) is 5.78 Å². The highest BCUT2D eigenvalue weighted by atomic mass is 32.2. The summed E-state index contributed by atoms with van der Waals surface area (Å²) in [7, 11) is 0.